The van der Waals surface area contributed by atoms with Gasteiger partial charge in [-0.05, 0) is 49.8 Å². The van der Waals surface area contributed by atoms with Crippen molar-refractivity contribution in [2.75, 3.05) is 13.1 Å². The van der Waals surface area contributed by atoms with Gasteiger partial charge in [-0.25, -0.2) is 21.6 Å². The van der Waals surface area contributed by atoms with E-state index in [2.05, 4.69) is 11.6 Å². The molecule has 1 aliphatic carbocycles. The Hall–Kier alpha value is -0.960. The Balaban J connectivity index is 1.85. The molecule has 1 heterocycles. The SMILES string of the molecule is CC1CCCCC1NS(=O)(=O)c1cccc(S(=O)(=O)N2CCCC2)c1. The Kier molecular flexibility index (Phi) is 5.53. The van der Waals surface area contributed by atoms with E-state index in [1.165, 1.54) is 28.6 Å². The van der Waals surface area contributed by atoms with Crippen molar-refractivity contribution < 1.29 is 16.8 Å². The minimum Gasteiger partial charge on any atom is -0.208 e. The molecule has 25 heavy (non-hydrogen) atoms. The van der Waals surface area contributed by atoms with Gasteiger partial charge in [-0.15, -0.1) is 0 Å². The van der Waals surface area contributed by atoms with Crippen molar-refractivity contribution in [3.63, 3.8) is 0 Å². The van der Waals surface area contributed by atoms with E-state index in [1.807, 2.05) is 0 Å². The third kappa shape index (κ3) is 4.07. The number of hydrogen-bond donors (Lipinski definition) is 1. The fourth-order valence-electron chi connectivity index (χ4n) is 3.64. The first-order valence-electron chi connectivity index (χ1n) is 8.93. The molecule has 140 valence electrons. The second-order valence-electron chi connectivity index (χ2n) is 7.08. The van der Waals surface area contributed by atoms with Gasteiger partial charge in [-0.3, -0.25) is 0 Å². The summed E-state index contributed by atoms with van der Waals surface area (Å²) in [6, 6.07) is 5.62. The average molecular weight is 387 g/mol. The number of hydrogen-bond acceptors (Lipinski definition) is 4. The molecule has 1 N–H and O–H groups in total. The van der Waals surface area contributed by atoms with Gasteiger partial charge in [0.1, 0.15) is 0 Å². The highest BCUT2D eigenvalue weighted by Gasteiger charge is 2.30. The van der Waals surface area contributed by atoms with Gasteiger partial charge in [0.15, 0.2) is 0 Å². The second kappa shape index (κ2) is 7.34. The van der Waals surface area contributed by atoms with E-state index >= 15 is 0 Å². The first-order chi connectivity index (χ1) is 11.8. The Morgan fingerprint density at radius 2 is 1.60 bits per heavy atom. The summed E-state index contributed by atoms with van der Waals surface area (Å²) in [7, 11) is -7.36. The zero-order valence-corrected chi connectivity index (χ0v) is 16.2. The highest BCUT2D eigenvalue weighted by molar-refractivity contribution is 7.90. The van der Waals surface area contributed by atoms with Gasteiger partial charge in [0.2, 0.25) is 20.0 Å². The smallest absolute Gasteiger partial charge is 0.208 e. The molecule has 0 bridgehead atoms. The van der Waals surface area contributed by atoms with Crippen LogP contribution in [-0.2, 0) is 20.0 Å². The Bertz CT molecular complexity index is 815. The number of nitrogens with one attached hydrogen (secondary N) is 1. The molecule has 0 radical (unpaired) electrons. The van der Waals surface area contributed by atoms with Crippen LogP contribution in [0.4, 0.5) is 0 Å². The normalized spacial score (nSPS) is 26.0. The van der Waals surface area contributed by atoms with Gasteiger partial charge in [-0.1, -0.05) is 25.8 Å². The van der Waals surface area contributed by atoms with Crippen LogP contribution in [0.3, 0.4) is 0 Å². The fourth-order valence-corrected chi connectivity index (χ4v) is 6.70. The summed E-state index contributed by atoms with van der Waals surface area (Å²) in [6.45, 7) is 3.05. The largest absolute Gasteiger partial charge is 0.243 e. The van der Waals surface area contributed by atoms with Gasteiger partial charge in [0, 0.05) is 19.1 Å². The maximum Gasteiger partial charge on any atom is 0.243 e. The molecule has 2 unspecified atom stereocenters. The molecular formula is C17H26N2O4S2. The maximum absolute atomic E-state index is 12.7. The third-order valence-electron chi connectivity index (χ3n) is 5.24. The predicted octanol–water partition coefficient (Wildman–Crippen LogP) is 2.33. The molecule has 0 amide bonds. The van der Waals surface area contributed by atoms with Gasteiger partial charge < -0.3 is 0 Å². The Labute approximate surface area is 150 Å². The fraction of sp³-hybridized carbons (Fsp3) is 0.647. The van der Waals surface area contributed by atoms with Crippen LogP contribution in [0.15, 0.2) is 34.1 Å². The zero-order valence-electron chi connectivity index (χ0n) is 14.5. The first kappa shape index (κ1) is 18.8. The van der Waals surface area contributed by atoms with Crippen molar-refractivity contribution >= 4 is 20.0 Å². The zero-order chi connectivity index (χ0) is 18.1. The van der Waals surface area contributed by atoms with Crippen LogP contribution in [0.1, 0.15) is 45.4 Å². The summed E-state index contributed by atoms with van der Waals surface area (Å²) < 4.78 is 55.0. The van der Waals surface area contributed by atoms with Crippen molar-refractivity contribution in [1.82, 2.24) is 9.03 Å². The quantitative estimate of drug-likeness (QED) is 0.842. The molecule has 3 rings (SSSR count). The summed E-state index contributed by atoms with van der Waals surface area (Å²) in [5.74, 6) is 0.292. The van der Waals surface area contributed by atoms with Crippen LogP contribution in [0, 0.1) is 5.92 Å². The van der Waals surface area contributed by atoms with Gasteiger partial charge in [0.25, 0.3) is 0 Å². The lowest BCUT2D eigenvalue weighted by atomic mass is 9.87. The standard InChI is InChI=1S/C17H26N2O4S2/c1-14-7-2-3-10-17(14)18-24(20,21)15-8-6-9-16(13-15)25(22,23)19-11-4-5-12-19/h6,8-9,13-14,17-18H,2-5,7,10-12H2,1H3. The third-order valence-corrected chi connectivity index (χ3v) is 8.62. The van der Waals surface area contributed by atoms with Crippen molar-refractivity contribution in [1.29, 1.82) is 0 Å². The molecule has 0 aromatic heterocycles. The number of sulfonamides is 2. The minimum absolute atomic E-state index is 0.0190. The van der Waals surface area contributed by atoms with Crippen LogP contribution in [0.5, 0.6) is 0 Å². The van der Waals surface area contributed by atoms with E-state index in [0.29, 0.717) is 19.0 Å². The summed E-state index contributed by atoms with van der Waals surface area (Å²) in [6.07, 6.45) is 5.67. The Morgan fingerprint density at radius 3 is 2.28 bits per heavy atom. The molecule has 2 aliphatic rings. The molecule has 8 heteroatoms. The molecule has 6 nitrogen and oxygen atoms in total. The van der Waals surface area contributed by atoms with Gasteiger partial charge in [-0.2, -0.15) is 4.31 Å². The van der Waals surface area contributed by atoms with E-state index < -0.39 is 20.0 Å². The molecular weight excluding hydrogens is 360 g/mol. The number of nitrogens with zero attached hydrogens (tertiary/aromatic N) is 1. The predicted molar refractivity (Wildman–Crippen MR) is 96.2 cm³/mol. The van der Waals surface area contributed by atoms with Crippen LogP contribution in [0.25, 0.3) is 0 Å². The highest BCUT2D eigenvalue weighted by Crippen LogP contribution is 2.27. The molecule has 1 aliphatic heterocycles. The van der Waals surface area contributed by atoms with Gasteiger partial charge >= 0.3 is 0 Å². The minimum atomic E-state index is -3.73. The van der Waals surface area contributed by atoms with E-state index in [9.17, 15) is 16.8 Å². The monoisotopic (exact) mass is 386 g/mol. The topological polar surface area (TPSA) is 83.5 Å². The van der Waals surface area contributed by atoms with Gasteiger partial charge in [0.05, 0.1) is 9.79 Å². The average Bonchev–Trinajstić information content (AvgIpc) is 3.12. The molecule has 1 aromatic carbocycles. The van der Waals surface area contributed by atoms with Crippen LogP contribution < -0.4 is 4.72 Å². The van der Waals surface area contributed by atoms with Crippen LogP contribution >= 0.6 is 0 Å². The lowest BCUT2D eigenvalue weighted by Crippen LogP contribution is -2.41. The highest BCUT2D eigenvalue weighted by atomic mass is 32.2. The molecule has 1 aromatic rings. The molecule has 2 fully saturated rings. The Morgan fingerprint density at radius 1 is 0.960 bits per heavy atom. The number of benzene rings is 1. The molecule has 0 spiro atoms. The summed E-state index contributed by atoms with van der Waals surface area (Å²) in [5.41, 5.74) is 0. The van der Waals surface area contributed by atoms with E-state index in [0.717, 1.165) is 38.5 Å². The maximum atomic E-state index is 12.7. The van der Waals surface area contributed by atoms with Crippen molar-refractivity contribution in [3.8, 4) is 0 Å². The summed E-state index contributed by atoms with van der Waals surface area (Å²) >= 11 is 0. The molecule has 1 saturated carbocycles. The summed E-state index contributed by atoms with van der Waals surface area (Å²) in [5, 5.41) is 0. The second-order valence-corrected chi connectivity index (χ2v) is 10.7. The first-order valence-corrected chi connectivity index (χ1v) is 11.9. The summed E-state index contributed by atoms with van der Waals surface area (Å²) in [4.78, 5) is 0.0690. The van der Waals surface area contributed by atoms with Crippen molar-refractivity contribution in [3.05, 3.63) is 24.3 Å². The van der Waals surface area contributed by atoms with E-state index in [-0.39, 0.29) is 15.8 Å². The lowest BCUT2D eigenvalue weighted by molar-refractivity contribution is 0.310. The number of rotatable bonds is 5. The molecule has 1 saturated heterocycles. The van der Waals surface area contributed by atoms with E-state index in [1.54, 1.807) is 0 Å². The van der Waals surface area contributed by atoms with Crippen LogP contribution in [-0.4, -0.2) is 40.3 Å². The molecule has 2 atom stereocenters. The van der Waals surface area contributed by atoms with E-state index in [4.69, 9.17) is 0 Å². The lowest BCUT2D eigenvalue weighted by Gasteiger charge is -2.29. The van der Waals surface area contributed by atoms with Crippen molar-refractivity contribution in [2.45, 2.75) is 61.3 Å². The van der Waals surface area contributed by atoms with Crippen molar-refractivity contribution in [2.24, 2.45) is 5.92 Å². The van der Waals surface area contributed by atoms with Crippen LogP contribution in [0.2, 0.25) is 0 Å².